The summed E-state index contributed by atoms with van der Waals surface area (Å²) < 4.78 is 29.1. The van der Waals surface area contributed by atoms with Gasteiger partial charge in [-0.15, -0.1) is 0 Å². The highest BCUT2D eigenvalue weighted by molar-refractivity contribution is 7.96. The summed E-state index contributed by atoms with van der Waals surface area (Å²) in [7, 11) is -3.81. The SMILES string of the molecule is CC(C)(C)OC(=O)C[C@H](N)C=C(Cl)S(=O)(=O)c1ccccc1. The lowest BCUT2D eigenvalue weighted by Gasteiger charge is -2.20. The minimum Gasteiger partial charge on any atom is -0.460 e. The highest BCUT2D eigenvalue weighted by Crippen LogP contribution is 2.22. The lowest BCUT2D eigenvalue weighted by molar-refractivity contribution is -0.154. The molecule has 1 aromatic rings. The van der Waals surface area contributed by atoms with Crippen molar-refractivity contribution >= 4 is 27.4 Å². The molecule has 7 heteroatoms. The topological polar surface area (TPSA) is 86.5 Å². The number of nitrogens with two attached hydrogens (primary N) is 1. The van der Waals surface area contributed by atoms with Crippen LogP contribution in [0.1, 0.15) is 27.2 Å². The van der Waals surface area contributed by atoms with Crippen molar-refractivity contribution in [3.63, 3.8) is 0 Å². The van der Waals surface area contributed by atoms with E-state index in [4.69, 9.17) is 22.1 Å². The molecule has 0 aromatic heterocycles. The average Bonchev–Trinajstić information content (AvgIpc) is 2.36. The summed E-state index contributed by atoms with van der Waals surface area (Å²) in [4.78, 5) is 11.7. The smallest absolute Gasteiger partial charge is 0.308 e. The van der Waals surface area contributed by atoms with Gasteiger partial charge in [-0.2, -0.15) is 0 Å². The fourth-order valence-corrected chi connectivity index (χ4v) is 3.13. The van der Waals surface area contributed by atoms with Gasteiger partial charge in [-0.25, -0.2) is 8.42 Å². The summed E-state index contributed by atoms with van der Waals surface area (Å²) in [6, 6.07) is 6.91. The number of halogens is 1. The van der Waals surface area contributed by atoms with Gasteiger partial charge in [0.1, 0.15) is 9.97 Å². The molecule has 0 saturated carbocycles. The van der Waals surface area contributed by atoms with Crippen molar-refractivity contribution in [2.75, 3.05) is 0 Å². The maximum absolute atomic E-state index is 12.2. The Hall–Kier alpha value is -1.37. The molecule has 0 unspecified atom stereocenters. The van der Waals surface area contributed by atoms with Gasteiger partial charge in [-0.1, -0.05) is 29.8 Å². The van der Waals surface area contributed by atoms with E-state index >= 15 is 0 Å². The zero-order chi connectivity index (χ0) is 17.0. The van der Waals surface area contributed by atoms with Gasteiger partial charge in [0.15, 0.2) is 0 Å². The molecule has 0 amide bonds. The van der Waals surface area contributed by atoms with E-state index < -0.39 is 31.8 Å². The van der Waals surface area contributed by atoms with Crippen LogP contribution in [0.25, 0.3) is 0 Å². The Balaban J connectivity index is 2.82. The fraction of sp³-hybridized carbons (Fsp3) is 0.400. The zero-order valence-corrected chi connectivity index (χ0v) is 14.3. The minimum absolute atomic E-state index is 0.0701. The highest BCUT2D eigenvalue weighted by atomic mass is 35.5. The molecule has 0 aliphatic carbocycles. The Labute approximate surface area is 136 Å². The molecule has 5 nitrogen and oxygen atoms in total. The van der Waals surface area contributed by atoms with Gasteiger partial charge in [0.25, 0.3) is 0 Å². The average molecular weight is 346 g/mol. The van der Waals surface area contributed by atoms with Crippen LogP contribution in [0.5, 0.6) is 0 Å². The number of benzene rings is 1. The number of rotatable bonds is 5. The number of hydrogen-bond acceptors (Lipinski definition) is 5. The lowest BCUT2D eigenvalue weighted by atomic mass is 10.2. The molecule has 0 fully saturated rings. The van der Waals surface area contributed by atoms with E-state index in [0.717, 1.165) is 6.08 Å². The molecule has 2 N–H and O–H groups in total. The summed E-state index contributed by atoms with van der Waals surface area (Å²) in [5.74, 6) is -0.516. The van der Waals surface area contributed by atoms with Crippen molar-refractivity contribution in [1.82, 2.24) is 0 Å². The molecule has 22 heavy (non-hydrogen) atoms. The van der Waals surface area contributed by atoms with Gasteiger partial charge in [0, 0.05) is 6.04 Å². The molecule has 0 aliphatic heterocycles. The van der Waals surface area contributed by atoms with Crippen molar-refractivity contribution in [3.8, 4) is 0 Å². The maximum Gasteiger partial charge on any atom is 0.308 e. The van der Waals surface area contributed by atoms with Crippen LogP contribution in [0.4, 0.5) is 0 Å². The minimum atomic E-state index is -3.81. The molecule has 0 bridgehead atoms. The fourth-order valence-electron chi connectivity index (χ4n) is 1.60. The van der Waals surface area contributed by atoms with Crippen molar-refractivity contribution < 1.29 is 17.9 Å². The normalized spacial score (nSPS) is 14.5. The molecular formula is C15H20ClNO4S. The van der Waals surface area contributed by atoms with Gasteiger partial charge in [0.2, 0.25) is 9.84 Å². The third-order valence-corrected chi connectivity index (χ3v) is 4.76. The molecule has 1 aromatic carbocycles. The predicted octanol–water partition coefficient (Wildman–Crippen LogP) is 2.60. The van der Waals surface area contributed by atoms with Gasteiger partial charge in [0.05, 0.1) is 11.3 Å². The summed E-state index contributed by atoms with van der Waals surface area (Å²) in [6.07, 6.45) is 0.992. The second-order valence-corrected chi connectivity index (χ2v) is 8.29. The van der Waals surface area contributed by atoms with E-state index in [1.165, 1.54) is 12.1 Å². The number of sulfone groups is 1. The Kier molecular flexibility index (Phi) is 6.17. The number of carbonyl (C=O) groups is 1. The first-order valence-electron chi connectivity index (χ1n) is 6.67. The monoisotopic (exact) mass is 345 g/mol. The first-order chi connectivity index (χ1) is 10.0. The largest absolute Gasteiger partial charge is 0.460 e. The molecule has 0 spiro atoms. The Morgan fingerprint density at radius 1 is 1.32 bits per heavy atom. The quantitative estimate of drug-likeness (QED) is 0.829. The van der Waals surface area contributed by atoms with E-state index in [9.17, 15) is 13.2 Å². The van der Waals surface area contributed by atoms with Crippen LogP contribution in [0.3, 0.4) is 0 Å². The molecule has 0 aliphatic rings. The van der Waals surface area contributed by atoms with Gasteiger partial charge in [-0.05, 0) is 39.0 Å². The first kappa shape index (κ1) is 18.7. The Morgan fingerprint density at radius 2 is 1.86 bits per heavy atom. The van der Waals surface area contributed by atoms with Crippen molar-refractivity contribution in [2.45, 2.75) is 43.7 Å². The molecule has 0 saturated heterocycles. The first-order valence-corrected chi connectivity index (χ1v) is 8.53. The highest BCUT2D eigenvalue weighted by Gasteiger charge is 2.22. The van der Waals surface area contributed by atoms with Crippen LogP contribution < -0.4 is 5.73 Å². The summed E-state index contributed by atoms with van der Waals surface area (Å²) in [5.41, 5.74) is 5.12. The van der Waals surface area contributed by atoms with E-state index in [2.05, 4.69) is 0 Å². The lowest BCUT2D eigenvalue weighted by Crippen LogP contribution is -2.29. The third kappa shape index (κ3) is 5.79. The molecule has 122 valence electrons. The van der Waals surface area contributed by atoms with E-state index in [1.807, 2.05) is 0 Å². The summed E-state index contributed by atoms with van der Waals surface area (Å²) >= 11 is 5.86. The van der Waals surface area contributed by atoms with E-state index in [0.29, 0.717) is 0 Å². The summed E-state index contributed by atoms with van der Waals surface area (Å²) in [5, 5.41) is 0. The molecule has 0 heterocycles. The number of esters is 1. The van der Waals surface area contributed by atoms with Crippen LogP contribution in [-0.2, 0) is 19.4 Å². The summed E-state index contributed by atoms with van der Waals surface area (Å²) in [6.45, 7) is 5.21. The molecule has 1 rings (SSSR count). The number of carbonyl (C=O) groups excluding carboxylic acids is 1. The second-order valence-electron chi connectivity index (χ2n) is 5.74. The van der Waals surface area contributed by atoms with Crippen LogP contribution in [0.15, 0.2) is 45.7 Å². The Morgan fingerprint density at radius 3 is 2.36 bits per heavy atom. The van der Waals surface area contributed by atoms with Crippen molar-refractivity contribution in [2.24, 2.45) is 5.73 Å². The number of ether oxygens (including phenoxy) is 1. The van der Waals surface area contributed by atoms with Crippen LogP contribution in [-0.4, -0.2) is 26.0 Å². The molecule has 0 radical (unpaired) electrons. The standard InChI is InChI=1S/C15H20ClNO4S/c1-15(2,3)21-14(18)10-11(17)9-13(16)22(19,20)12-7-5-4-6-8-12/h4-9,11H,10,17H2,1-3H3/t11-/m1/s1. The Bertz CT molecular complexity index is 648. The molecular weight excluding hydrogens is 326 g/mol. The van der Waals surface area contributed by atoms with Crippen molar-refractivity contribution in [1.29, 1.82) is 0 Å². The number of hydrogen-bond donors (Lipinski definition) is 1. The van der Waals surface area contributed by atoms with Crippen molar-refractivity contribution in [3.05, 3.63) is 40.8 Å². The van der Waals surface area contributed by atoms with E-state index in [-0.39, 0.29) is 11.3 Å². The van der Waals surface area contributed by atoms with Crippen LogP contribution >= 0.6 is 11.6 Å². The van der Waals surface area contributed by atoms with Crippen LogP contribution in [0, 0.1) is 0 Å². The van der Waals surface area contributed by atoms with Gasteiger partial charge < -0.3 is 10.5 Å². The van der Waals surface area contributed by atoms with Gasteiger partial charge in [-0.3, -0.25) is 4.79 Å². The second kappa shape index (κ2) is 7.26. The van der Waals surface area contributed by atoms with E-state index in [1.54, 1.807) is 39.0 Å². The van der Waals surface area contributed by atoms with Crippen LogP contribution in [0.2, 0.25) is 0 Å². The zero-order valence-electron chi connectivity index (χ0n) is 12.7. The predicted molar refractivity (Wildman–Crippen MR) is 86.0 cm³/mol. The third-order valence-electron chi connectivity index (χ3n) is 2.48. The molecule has 1 atom stereocenters. The maximum atomic E-state index is 12.2. The van der Waals surface area contributed by atoms with Gasteiger partial charge >= 0.3 is 5.97 Å².